The predicted octanol–water partition coefficient (Wildman–Crippen LogP) is 4.48. The zero-order valence-corrected chi connectivity index (χ0v) is 15.1. The van der Waals surface area contributed by atoms with Gasteiger partial charge in [0.05, 0.1) is 12.9 Å². The lowest BCUT2D eigenvalue weighted by atomic mass is 10.1. The van der Waals surface area contributed by atoms with Crippen LogP contribution in [-0.2, 0) is 0 Å². The smallest absolute Gasteiger partial charge is 0.277 e. The van der Waals surface area contributed by atoms with Crippen molar-refractivity contribution in [3.05, 3.63) is 58.6 Å². The average molecular weight is 405 g/mol. The molecule has 0 radical (unpaired) electrons. The minimum atomic E-state index is -0.0257. The Morgan fingerprint density at radius 2 is 2.00 bits per heavy atom. The molecule has 1 aromatic heterocycles. The number of methoxy groups -OCH3 is 1. The van der Waals surface area contributed by atoms with E-state index in [-0.39, 0.29) is 11.5 Å². The molecule has 24 heavy (non-hydrogen) atoms. The first-order valence-electron chi connectivity index (χ1n) is 7.05. The number of nitrogens with zero attached hydrogens (tertiary/aromatic N) is 2. The summed E-state index contributed by atoms with van der Waals surface area (Å²) in [5.41, 5.74) is 1.42. The lowest BCUT2D eigenvalue weighted by Gasteiger charge is -2.02. The van der Waals surface area contributed by atoms with Crippen LogP contribution >= 0.6 is 27.7 Å². The van der Waals surface area contributed by atoms with E-state index in [4.69, 9.17) is 9.15 Å². The van der Waals surface area contributed by atoms with Crippen LogP contribution in [0.25, 0.3) is 11.5 Å². The number of aromatic nitrogens is 2. The number of hydrogen-bond donors (Lipinski definition) is 0. The lowest BCUT2D eigenvalue weighted by Crippen LogP contribution is -2.02. The Balaban J connectivity index is 1.64. The fourth-order valence-corrected chi connectivity index (χ4v) is 2.91. The Morgan fingerprint density at radius 1 is 1.21 bits per heavy atom. The van der Waals surface area contributed by atoms with Gasteiger partial charge in [-0.1, -0.05) is 39.8 Å². The largest absolute Gasteiger partial charge is 0.497 e. The zero-order valence-electron chi connectivity index (χ0n) is 12.7. The van der Waals surface area contributed by atoms with Gasteiger partial charge in [0.25, 0.3) is 5.22 Å². The minimum Gasteiger partial charge on any atom is -0.497 e. The molecule has 122 valence electrons. The minimum absolute atomic E-state index is 0.0257. The third kappa shape index (κ3) is 4.04. The van der Waals surface area contributed by atoms with Crippen LogP contribution in [0.4, 0.5) is 0 Å². The van der Waals surface area contributed by atoms with Crippen LogP contribution in [0, 0.1) is 0 Å². The van der Waals surface area contributed by atoms with Gasteiger partial charge in [0.15, 0.2) is 5.78 Å². The van der Waals surface area contributed by atoms with Crippen molar-refractivity contribution in [3.63, 3.8) is 0 Å². The highest BCUT2D eigenvalue weighted by molar-refractivity contribution is 9.10. The molecule has 3 aromatic rings. The van der Waals surface area contributed by atoms with Crippen LogP contribution in [0.1, 0.15) is 10.4 Å². The first-order chi connectivity index (χ1) is 11.7. The summed E-state index contributed by atoms with van der Waals surface area (Å²) in [7, 11) is 1.57. The summed E-state index contributed by atoms with van der Waals surface area (Å²) in [6, 6.07) is 14.6. The molecule has 0 fully saturated rings. The fraction of sp³-hybridized carbons (Fsp3) is 0.118. The van der Waals surface area contributed by atoms with E-state index in [1.165, 1.54) is 11.8 Å². The molecule has 0 aliphatic heterocycles. The quantitative estimate of drug-likeness (QED) is 0.445. The number of ketones is 1. The zero-order chi connectivity index (χ0) is 16.9. The van der Waals surface area contributed by atoms with Crippen molar-refractivity contribution in [2.45, 2.75) is 5.22 Å². The van der Waals surface area contributed by atoms with Gasteiger partial charge >= 0.3 is 0 Å². The molecular weight excluding hydrogens is 392 g/mol. The molecule has 0 unspecified atom stereocenters. The van der Waals surface area contributed by atoms with Crippen LogP contribution < -0.4 is 4.74 Å². The highest BCUT2D eigenvalue weighted by Gasteiger charge is 2.13. The second-order valence-corrected chi connectivity index (χ2v) is 6.67. The first kappa shape index (κ1) is 16.7. The Morgan fingerprint density at radius 3 is 2.75 bits per heavy atom. The van der Waals surface area contributed by atoms with Crippen LogP contribution in [-0.4, -0.2) is 28.8 Å². The molecule has 0 aliphatic carbocycles. The summed E-state index contributed by atoms with van der Waals surface area (Å²) >= 11 is 4.59. The van der Waals surface area contributed by atoms with E-state index >= 15 is 0 Å². The van der Waals surface area contributed by atoms with Gasteiger partial charge in [-0.2, -0.15) is 0 Å². The molecule has 5 nitrogen and oxygen atoms in total. The summed E-state index contributed by atoms with van der Waals surface area (Å²) in [5.74, 6) is 1.28. The third-order valence-electron chi connectivity index (χ3n) is 3.22. The maximum absolute atomic E-state index is 12.2. The van der Waals surface area contributed by atoms with E-state index in [1.54, 1.807) is 31.4 Å². The maximum Gasteiger partial charge on any atom is 0.277 e. The maximum atomic E-state index is 12.2. The Hall–Kier alpha value is -2.12. The topological polar surface area (TPSA) is 65.2 Å². The van der Waals surface area contributed by atoms with E-state index in [1.807, 2.05) is 24.3 Å². The Labute approximate surface area is 151 Å². The molecule has 0 aliphatic rings. The molecule has 0 spiro atoms. The number of carbonyl (C=O) groups excluding carboxylic acids is 1. The molecule has 7 heteroatoms. The first-order valence-corrected chi connectivity index (χ1v) is 8.83. The molecule has 0 saturated carbocycles. The lowest BCUT2D eigenvalue weighted by molar-refractivity contribution is 0.102. The van der Waals surface area contributed by atoms with Crippen molar-refractivity contribution in [3.8, 4) is 17.2 Å². The summed E-state index contributed by atoms with van der Waals surface area (Å²) in [6.45, 7) is 0. The number of rotatable bonds is 6. The van der Waals surface area contributed by atoms with E-state index < -0.39 is 0 Å². The van der Waals surface area contributed by atoms with Gasteiger partial charge in [-0.25, -0.2) is 0 Å². The number of thioether (sulfide) groups is 1. The molecule has 0 atom stereocenters. The Bertz CT molecular complexity index is 849. The highest BCUT2D eigenvalue weighted by atomic mass is 79.9. The molecule has 3 rings (SSSR count). The summed E-state index contributed by atoms with van der Waals surface area (Å²) in [6.07, 6.45) is 0. The van der Waals surface area contributed by atoms with Crippen molar-refractivity contribution in [2.75, 3.05) is 12.9 Å². The number of hydrogen-bond acceptors (Lipinski definition) is 6. The Kier molecular flexibility index (Phi) is 5.32. The van der Waals surface area contributed by atoms with Gasteiger partial charge in [-0.15, -0.1) is 10.2 Å². The molecule has 0 amide bonds. The SMILES string of the molecule is COc1cccc(C(=O)CSc2nnc(-c3ccc(Br)cc3)o2)c1. The predicted molar refractivity (Wildman–Crippen MR) is 95.5 cm³/mol. The van der Waals surface area contributed by atoms with Crippen molar-refractivity contribution < 1.29 is 13.9 Å². The van der Waals surface area contributed by atoms with E-state index in [9.17, 15) is 4.79 Å². The molecule has 0 saturated heterocycles. The summed E-state index contributed by atoms with van der Waals surface area (Å²) < 4.78 is 11.7. The van der Waals surface area contributed by atoms with Crippen molar-refractivity contribution >= 4 is 33.5 Å². The van der Waals surface area contributed by atoms with E-state index in [2.05, 4.69) is 26.1 Å². The van der Waals surface area contributed by atoms with Crippen molar-refractivity contribution in [1.82, 2.24) is 10.2 Å². The van der Waals surface area contributed by atoms with Crippen LogP contribution in [0.3, 0.4) is 0 Å². The number of ether oxygens (including phenoxy) is 1. The molecule has 0 bridgehead atoms. The average Bonchev–Trinajstić information content (AvgIpc) is 3.09. The monoisotopic (exact) mass is 404 g/mol. The van der Waals surface area contributed by atoms with Crippen molar-refractivity contribution in [2.24, 2.45) is 0 Å². The van der Waals surface area contributed by atoms with Crippen LogP contribution in [0.15, 0.2) is 62.6 Å². The van der Waals surface area contributed by atoms with Gasteiger partial charge in [0.1, 0.15) is 5.75 Å². The van der Waals surface area contributed by atoms with Gasteiger partial charge in [-0.3, -0.25) is 4.79 Å². The number of Topliss-reactive ketones (excluding diaryl/α,β-unsaturated/α-hetero) is 1. The van der Waals surface area contributed by atoms with Gasteiger partial charge in [-0.05, 0) is 36.4 Å². The van der Waals surface area contributed by atoms with Gasteiger partial charge < -0.3 is 9.15 Å². The number of halogens is 1. The summed E-state index contributed by atoms with van der Waals surface area (Å²) in [4.78, 5) is 12.2. The normalized spacial score (nSPS) is 10.6. The van der Waals surface area contributed by atoms with E-state index in [0.717, 1.165) is 10.0 Å². The standard InChI is InChI=1S/C17H13BrN2O3S/c1-22-14-4-2-3-12(9-14)15(21)10-24-17-20-19-16(23-17)11-5-7-13(18)8-6-11/h2-9H,10H2,1H3. The second-order valence-electron chi connectivity index (χ2n) is 4.82. The number of carbonyl (C=O) groups is 1. The fourth-order valence-electron chi connectivity index (χ4n) is 1.98. The molecule has 0 N–H and O–H groups in total. The van der Waals surface area contributed by atoms with Gasteiger partial charge in [0, 0.05) is 15.6 Å². The van der Waals surface area contributed by atoms with Crippen LogP contribution in [0.5, 0.6) is 5.75 Å². The second kappa shape index (κ2) is 7.63. The molecule has 2 aromatic carbocycles. The van der Waals surface area contributed by atoms with Crippen LogP contribution in [0.2, 0.25) is 0 Å². The van der Waals surface area contributed by atoms with Crippen molar-refractivity contribution in [1.29, 1.82) is 0 Å². The number of benzene rings is 2. The third-order valence-corrected chi connectivity index (χ3v) is 4.56. The highest BCUT2D eigenvalue weighted by Crippen LogP contribution is 2.25. The summed E-state index contributed by atoms with van der Waals surface area (Å²) in [5, 5.41) is 8.35. The molecule has 1 heterocycles. The van der Waals surface area contributed by atoms with E-state index in [0.29, 0.717) is 22.4 Å². The van der Waals surface area contributed by atoms with Gasteiger partial charge in [0.2, 0.25) is 5.89 Å². The molecular formula is C17H13BrN2O3S.